The molecule has 0 aromatic rings. The van der Waals surface area contributed by atoms with Gasteiger partial charge in [-0.15, -0.1) is 0 Å². The number of hydrogen-bond donors (Lipinski definition) is 2. The Bertz CT molecular complexity index is 1050. The highest BCUT2D eigenvalue weighted by molar-refractivity contribution is 7.45. The third-order valence-electron chi connectivity index (χ3n) is 11.9. The van der Waals surface area contributed by atoms with Crippen LogP contribution in [0, 0.1) is 0 Å². The maximum Gasteiger partial charge on any atom is 0.268 e. The lowest BCUT2D eigenvalue weighted by atomic mass is 10.0. The zero-order chi connectivity index (χ0) is 45.0. The fourth-order valence-electron chi connectivity index (χ4n) is 7.76. The number of phosphoric ester groups is 1. The predicted molar refractivity (Wildman–Crippen MR) is 261 cm³/mol. The van der Waals surface area contributed by atoms with Gasteiger partial charge in [-0.25, -0.2) is 0 Å². The summed E-state index contributed by atoms with van der Waals surface area (Å²) in [6.45, 7) is 4.65. The molecule has 0 aromatic heterocycles. The summed E-state index contributed by atoms with van der Waals surface area (Å²) >= 11 is 0. The third kappa shape index (κ3) is 46.8. The number of likely N-dealkylation sites (N-methyl/N-ethyl adjacent to an activating group) is 1. The molecule has 9 heteroatoms. The monoisotopic (exact) mass is 883 g/mol. The quantitative estimate of drug-likeness (QED) is 0.0273. The number of aliphatic hydroxyl groups is 1. The highest BCUT2D eigenvalue weighted by Gasteiger charge is 2.23. The van der Waals surface area contributed by atoms with E-state index in [2.05, 4.69) is 31.3 Å². The topological polar surface area (TPSA) is 108 Å². The second-order valence-corrected chi connectivity index (χ2v) is 20.6. The maximum absolute atomic E-state index is 12.9. The Morgan fingerprint density at radius 1 is 0.557 bits per heavy atom. The highest BCUT2D eigenvalue weighted by Crippen LogP contribution is 2.38. The molecule has 0 radical (unpaired) electrons. The van der Waals surface area contributed by atoms with Gasteiger partial charge in [-0.1, -0.05) is 237 Å². The van der Waals surface area contributed by atoms with Crippen LogP contribution in [0.15, 0.2) is 24.3 Å². The molecule has 0 aliphatic heterocycles. The number of rotatable bonds is 48. The van der Waals surface area contributed by atoms with Crippen LogP contribution in [0.3, 0.4) is 0 Å². The Kier molecular flexibility index (Phi) is 43.5. The van der Waals surface area contributed by atoms with Crippen LogP contribution in [0.2, 0.25) is 0 Å². The van der Waals surface area contributed by atoms with E-state index in [0.29, 0.717) is 17.4 Å². The first-order chi connectivity index (χ1) is 29.5. The molecule has 61 heavy (non-hydrogen) atoms. The van der Waals surface area contributed by atoms with Crippen LogP contribution in [0.4, 0.5) is 0 Å². The van der Waals surface area contributed by atoms with Gasteiger partial charge in [0.25, 0.3) is 7.82 Å². The van der Waals surface area contributed by atoms with Crippen molar-refractivity contribution in [1.29, 1.82) is 0 Å². The van der Waals surface area contributed by atoms with Crippen molar-refractivity contribution in [3.8, 4) is 0 Å². The van der Waals surface area contributed by atoms with Crippen LogP contribution >= 0.6 is 7.82 Å². The molecular weight excluding hydrogens is 780 g/mol. The molecule has 0 fully saturated rings. The smallest absolute Gasteiger partial charge is 0.268 e. The Balaban J connectivity index is 4.27. The number of nitrogens with one attached hydrogen (secondary N) is 1. The van der Waals surface area contributed by atoms with Crippen molar-refractivity contribution in [3.63, 3.8) is 0 Å². The van der Waals surface area contributed by atoms with E-state index in [1.54, 1.807) is 6.08 Å². The molecule has 0 saturated carbocycles. The first-order valence-corrected chi connectivity index (χ1v) is 27.7. The van der Waals surface area contributed by atoms with Gasteiger partial charge in [-0.05, 0) is 32.1 Å². The van der Waals surface area contributed by atoms with E-state index in [1.807, 2.05) is 27.2 Å². The molecule has 8 nitrogen and oxygen atoms in total. The number of aliphatic hydroxyl groups excluding tert-OH is 1. The van der Waals surface area contributed by atoms with Gasteiger partial charge in [-0.3, -0.25) is 9.36 Å². The fourth-order valence-corrected chi connectivity index (χ4v) is 8.48. The molecule has 0 rings (SSSR count). The number of carbonyl (C=O) groups is 1. The molecule has 3 atom stereocenters. The van der Waals surface area contributed by atoms with Crippen molar-refractivity contribution < 1.29 is 32.9 Å². The van der Waals surface area contributed by atoms with E-state index >= 15 is 0 Å². The van der Waals surface area contributed by atoms with Gasteiger partial charge in [0.1, 0.15) is 13.2 Å². The van der Waals surface area contributed by atoms with Crippen LogP contribution < -0.4 is 10.2 Å². The lowest BCUT2D eigenvalue weighted by Gasteiger charge is -2.29. The largest absolute Gasteiger partial charge is 0.756 e. The first kappa shape index (κ1) is 60.0. The lowest BCUT2D eigenvalue weighted by Crippen LogP contribution is -2.45. The van der Waals surface area contributed by atoms with Gasteiger partial charge in [-0.2, -0.15) is 0 Å². The summed E-state index contributed by atoms with van der Waals surface area (Å²) in [7, 11) is 1.25. The van der Waals surface area contributed by atoms with Gasteiger partial charge in [0, 0.05) is 6.42 Å². The van der Waals surface area contributed by atoms with Gasteiger partial charge < -0.3 is 28.8 Å². The molecule has 0 aliphatic carbocycles. The van der Waals surface area contributed by atoms with Crippen molar-refractivity contribution in [2.75, 3.05) is 40.9 Å². The number of unbranched alkanes of at least 4 members (excludes halogenated alkanes) is 33. The van der Waals surface area contributed by atoms with Gasteiger partial charge in [0.05, 0.1) is 39.9 Å². The van der Waals surface area contributed by atoms with E-state index in [-0.39, 0.29) is 19.1 Å². The number of allylic oxidation sites excluding steroid dienone is 3. The maximum atomic E-state index is 12.9. The van der Waals surface area contributed by atoms with Crippen molar-refractivity contribution >= 4 is 13.7 Å². The second-order valence-electron chi connectivity index (χ2n) is 19.2. The Hall–Kier alpha value is -1.02. The SMILES string of the molecule is CCCCCCCCCCCCCCCCCCCCC/C=C/CC/C=C/C(O)C(COP(=O)([O-])OCC[N+](C)(C)C)NC(=O)CCCCCCCCCCCCCCCC. The molecule has 362 valence electrons. The number of carbonyl (C=O) groups excluding carboxylic acids is 1. The summed E-state index contributed by atoms with van der Waals surface area (Å²) in [5.41, 5.74) is 0. The Labute approximate surface area is 379 Å². The normalized spacial score (nSPS) is 14.3. The van der Waals surface area contributed by atoms with Gasteiger partial charge in [0.2, 0.25) is 5.91 Å². The minimum Gasteiger partial charge on any atom is -0.756 e. The van der Waals surface area contributed by atoms with E-state index in [0.717, 1.165) is 38.5 Å². The third-order valence-corrected chi connectivity index (χ3v) is 12.9. The van der Waals surface area contributed by atoms with Crippen molar-refractivity contribution in [2.24, 2.45) is 0 Å². The number of nitrogens with zero attached hydrogens (tertiary/aromatic N) is 1. The number of quaternary nitrogens is 1. The summed E-state index contributed by atoms with van der Waals surface area (Å²) in [4.78, 5) is 25.4. The molecule has 2 N–H and O–H groups in total. The predicted octanol–water partition coefficient (Wildman–Crippen LogP) is 14.6. The molecule has 0 saturated heterocycles. The van der Waals surface area contributed by atoms with Crippen LogP contribution in [0.5, 0.6) is 0 Å². The zero-order valence-corrected chi connectivity index (χ0v) is 42.0. The van der Waals surface area contributed by atoms with Gasteiger partial charge >= 0.3 is 0 Å². The Morgan fingerprint density at radius 2 is 0.918 bits per heavy atom. The zero-order valence-electron chi connectivity index (χ0n) is 41.1. The standard InChI is InChI=1S/C52H103N2O6P/c1-6-8-10-12-14-16-18-20-22-23-24-25-26-27-28-29-30-31-32-33-35-37-39-41-43-45-51(55)50(49-60-61(57,58)59-48-47-54(3,4)5)53-52(56)46-44-42-40-38-36-34-21-19-17-15-13-11-9-7-2/h35,37,43,45,50-51,55H,6-34,36,38-42,44,46-49H2,1-5H3,(H-,53,56,57,58)/b37-35+,45-43+. The van der Waals surface area contributed by atoms with Crippen LogP contribution in [0.25, 0.3) is 0 Å². The number of amides is 1. The number of phosphoric acid groups is 1. The molecule has 0 aromatic carbocycles. The minimum absolute atomic E-state index is 0.00400. The van der Waals surface area contributed by atoms with Crippen molar-refractivity contribution in [3.05, 3.63) is 24.3 Å². The average molecular weight is 883 g/mol. The van der Waals surface area contributed by atoms with E-state index in [1.165, 1.54) is 193 Å². The molecule has 0 heterocycles. The van der Waals surface area contributed by atoms with Crippen LogP contribution in [-0.4, -0.2) is 68.5 Å². The van der Waals surface area contributed by atoms with Crippen LogP contribution in [-0.2, 0) is 18.4 Å². The highest BCUT2D eigenvalue weighted by atomic mass is 31.2. The second kappa shape index (κ2) is 44.2. The molecule has 1 amide bonds. The van der Waals surface area contributed by atoms with E-state index in [9.17, 15) is 19.4 Å². The Morgan fingerprint density at radius 3 is 1.33 bits per heavy atom. The summed E-state index contributed by atoms with van der Waals surface area (Å²) in [5, 5.41) is 13.8. The molecule has 0 aliphatic rings. The first-order valence-electron chi connectivity index (χ1n) is 26.2. The minimum atomic E-state index is -4.60. The summed E-state index contributed by atoms with van der Waals surface area (Å²) in [5.74, 6) is -0.204. The van der Waals surface area contributed by atoms with Gasteiger partial charge in [0.15, 0.2) is 0 Å². The lowest BCUT2D eigenvalue weighted by molar-refractivity contribution is -0.870. The fraction of sp³-hybridized carbons (Fsp3) is 0.904. The number of hydrogen-bond acceptors (Lipinski definition) is 6. The summed E-state index contributed by atoms with van der Waals surface area (Å²) < 4.78 is 23.3. The van der Waals surface area contributed by atoms with Crippen molar-refractivity contribution in [2.45, 2.75) is 264 Å². The average Bonchev–Trinajstić information content (AvgIpc) is 3.21. The van der Waals surface area contributed by atoms with E-state index < -0.39 is 20.0 Å². The van der Waals surface area contributed by atoms with Crippen molar-refractivity contribution in [1.82, 2.24) is 5.32 Å². The molecule has 3 unspecified atom stereocenters. The van der Waals surface area contributed by atoms with E-state index in [4.69, 9.17) is 9.05 Å². The summed E-state index contributed by atoms with van der Waals surface area (Å²) in [6, 6.07) is -0.899. The molecule has 0 bridgehead atoms. The van der Waals surface area contributed by atoms with Crippen LogP contribution in [0.1, 0.15) is 251 Å². The molecule has 0 spiro atoms. The summed E-state index contributed by atoms with van der Waals surface area (Å²) in [6.07, 6.45) is 53.9. The molecular formula is C52H103N2O6P.